The average Bonchev–Trinajstić information content (AvgIpc) is 2.84. The summed E-state index contributed by atoms with van der Waals surface area (Å²) in [5.74, 6) is 1.92. The highest BCUT2D eigenvalue weighted by Gasteiger charge is 2.09. The zero-order chi connectivity index (χ0) is 12.8. The van der Waals surface area contributed by atoms with Crippen LogP contribution in [0.3, 0.4) is 0 Å². The number of amides is 1. The van der Waals surface area contributed by atoms with E-state index >= 15 is 0 Å². The molecule has 0 radical (unpaired) electrons. The van der Waals surface area contributed by atoms with E-state index in [2.05, 4.69) is 15.9 Å². The van der Waals surface area contributed by atoms with Gasteiger partial charge in [0, 0.05) is 6.92 Å². The first kappa shape index (κ1) is 12.9. The molecule has 92 valence electrons. The molecule has 0 saturated heterocycles. The van der Waals surface area contributed by atoms with E-state index in [1.807, 2.05) is 13.0 Å². The second-order valence-corrected chi connectivity index (χ2v) is 3.24. The minimum atomic E-state index is -0.333. The highest BCUT2D eigenvalue weighted by Crippen LogP contribution is 2.18. The number of aromatic nitrogens is 2. The lowest BCUT2D eigenvalue weighted by Gasteiger charge is -1.84. The van der Waals surface area contributed by atoms with Gasteiger partial charge in [-0.15, -0.1) is 0 Å². The largest absolute Gasteiger partial charge is 0.458 e. The first-order valence-electron chi connectivity index (χ1n) is 4.88. The molecule has 1 amide bonds. The van der Waals surface area contributed by atoms with Crippen LogP contribution < -0.4 is 11.5 Å². The Balaban J connectivity index is 0.000000317. The number of hydrogen-bond donors (Lipinski definition) is 2. The van der Waals surface area contributed by atoms with Crippen LogP contribution in [0.1, 0.15) is 18.6 Å². The lowest BCUT2D eigenvalue weighted by Crippen LogP contribution is -2.01. The molecule has 2 heterocycles. The van der Waals surface area contributed by atoms with Crippen molar-refractivity contribution < 1.29 is 13.7 Å². The molecule has 0 aliphatic carbocycles. The fourth-order valence-electron chi connectivity index (χ4n) is 0.993. The van der Waals surface area contributed by atoms with Gasteiger partial charge in [-0.3, -0.25) is 4.79 Å². The van der Waals surface area contributed by atoms with Crippen molar-refractivity contribution >= 4 is 5.91 Å². The molecule has 0 bridgehead atoms. The van der Waals surface area contributed by atoms with Gasteiger partial charge in [0.2, 0.25) is 17.6 Å². The van der Waals surface area contributed by atoms with E-state index in [1.54, 1.807) is 6.07 Å². The molecule has 0 unspecified atom stereocenters. The van der Waals surface area contributed by atoms with Gasteiger partial charge in [-0.05, 0) is 19.1 Å². The summed E-state index contributed by atoms with van der Waals surface area (Å²) in [5, 5.41) is 3.71. The Morgan fingerprint density at radius 1 is 1.47 bits per heavy atom. The predicted octanol–water partition coefficient (Wildman–Crippen LogP) is 0.588. The molecular formula is C10H14N4O3. The molecule has 2 aromatic rings. The third kappa shape index (κ3) is 4.07. The molecule has 0 aliphatic rings. The van der Waals surface area contributed by atoms with Crippen LogP contribution in [0.4, 0.5) is 0 Å². The molecule has 2 aromatic heterocycles. The molecule has 2 rings (SSSR count). The molecule has 0 spiro atoms. The van der Waals surface area contributed by atoms with Crippen LogP contribution in [-0.4, -0.2) is 16.0 Å². The highest BCUT2D eigenvalue weighted by atomic mass is 16.5. The molecule has 7 heteroatoms. The number of primary amides is 1. The fraction of sp³-hybridized carbons (Fsp3) is 0.300. The summed E-state index contributed by atoms with van der Waals surface area (Å²) < 4.78 is 10.1. The second kappa shape index (κ2) is 5.80. The molecule has 0 aliphatic heterocycles. The number of hydrogen-bond acceptors (Lipinski definition) is 6. The third-order valence-electron chi connectivity index (χ3n) is 1.60. The summed E-state index contributed by atoms with van der Waals surface area (Å²) in [7, 11) is 0. The molecule has 0 fully saturated rings. The number of rotatable bonds is 2. The number of carbonyl (C=O) groups excluding carboxylic acids is 1. The van der Waals surface area contributed by atoms with Gasteiger partial charge in [0.05, 0.1) is 6.54 Å². The molecule has 17 heavy (non-hydrogen) atoms. The summed E-state index contributed by atoms with van der Waals surface area (Å²) in [6, 6.07) is 3.63. The van der Waals surface area contributed by atoms with E-state index in [9.17, 15) is 4.79 Å². The SMILES string of the molecule is CC(N)=O.Cc1ccc(-c2noc(CN)n2)o1. The molecular weight excluding hydrogens is 224 g/mol. The Kier molecular flexibility index (Phi) is 4.41. The number of nitrogens with zero attached hydrogens (tertiary/aromatic N) is 2. The Bertz CT molecular complexity index is 485. The smallest absolute Gasteiger partial charge is 0.240 e. The number of nitrogens with two attached hydrogens (primary N) is 2. The Labute approximate surface area is 97.8 Å². The maximum atomic E-state index is 9.22. The van der Waals surface area contributed by atoms with Crippen molar-refractivity contribution in [3.05, 3.63) is 23.8 Å². The summed E-state index contributed by atoms with van der Waals surface area (Å²) in [6.45, 7) is 3.40. The van der Waals surface area contributed by atoms with Gasteiger partial charge in [0.15, 0.2) is 5.76 Å². The minimum absolute atomic E-state index is 0.243. The van der Waals surface area contributed by atoms with Gasteiger partial charge in [-0.1, -0.05) is 5.16 Å². The summed E-state index contributed by atoms with van der Waals surface area (Å²) >= 11 is 0. The van der Waals surface area contributed by atoms with Crippen molar-refractivity contribution in [2.75, 3.05) is 0 Å². The van der Waals surface area contributed by atoms with Gasteiger partial charge >= 0.3 is 0 Å². The molecule has 0 atom stereocenters. The van der Waals surface area contributed by atoms with E-state index < -0.39 is 0 Å². The standard InChI is InChI=1S/C8H9N3O2.C2H5NO/c1-5-2-3-6(12-5)8-10-7(4-9)13-11-8;1-2(3)4/h2-3H,4,9H2,1H3;1H3,(H2,3,4). The van der Waals surface area contributed by atoms with Crippen molar-refractivity contribution in [2.24, 2.45) is 11.5 Å². The average molecular weight is 238 g/mol. The second-order valence-electron chi connectivity index (χ2n) is 3.24. The Hall–Kier alpha value is -2.15. The van der Waals surface area contributed by atoms with Gasteiger partial charge in [-0.2, -0.15) is 4.98 Å². The lowest BCUT2D eigenvalue weighted by molar-refractivity contribution is -0.115. The van der Waals surface area contributed by atoms with Crippen molar-refractivity contribution in [1.82, 2.24) is 10.1 Å². The van der Waals surface area contributed by atoms with E-state index in [-0.39, 0.29) is 12.5 Å². The van der Waals surface area contributed by atoms with Gasteiger partial charge in [0.1, 0.15) is 5.76 Å². The maximum Gasteiger partial charge on any atom is 0.240 e. The van der Waals surface area contributed by atoms with Crippen molar-refractivity contribution in [3.63, 3.8) is 0 Å². The Morgan fingerprint density at radius 2 is 2.12 bits per heavy atom. The molecule has 7 nitrogen and oxygen atoms in total. The minimum Gasteiger partial charge on any atom is -0.458 e. The quantitative estimate of drug-likeness (QED) is 0.789. The van der Waals surface area contributed by atoms with Crippen molar-refractivity contribution in [1.29, 1.82) is 0 Å². The van der Waals surface area contributed by atoms with Crippen LogP contribution in [-0.2, 0) is 11.3 Å². The maximum absolute atomic E-state index is 9.22. The van der Waals surface area contributed by atoms with Crippen LogP contribution in [0, 0.1) is 6.92 Å². The number of furan rings is 1. The van der Waals surface area contributed by atoms with Crippen LogP contribution in [0.5, 0.6) is 0 Å². The van der Waals surface area contributed by atoms with E-state index in [4.69, 9.17) is 14.7 Å². The van der Waals surface area contributed by atoms with Gasteiger partial charge < -0.3 is 20.4 Å². The first-order valence-corrected chi connectivity index (χ1v) is 4.88. The summed E-state index contributed by atoms with van der Waals surface area (Å²) in [4.78, 5) is 13.2. The first-order chi connectivity index (χ1) is 8.02. The van der Waals surface area contributed by atoms with Gasteiger partial charge in [-0.25, -0.2) is 0 Å². The summed E-state index contributed by atoms with van der Waals surface area (Å²) in [5.41, 5.74) is 9.79. The highest BCUT2D eigenvalue weighted by molar-refractivity contribution is 5.70. The Morgan fingerprint density at radius 3 is 2.53 bits per heavy atom. The number of aryl methyl sites for hydroxylation is 1. The van der Waals surface area contributed by atoms with Gasteiger partial charge in [0.25, 0.3) is 0 Å². The van der Waals surface area contributed by atoms with E-state index in [1.165, 1.54) is 6.92 Å². The molecule has 4 N–H and O–H groups in total. The predicted molar refractivity (Wildman–Crippen MR) is 59.5 cm³/mol. The zero-order valence-corrected chi connectivity index (χ0v) is 9.64. The normalized spacial score (nSPS) is 9.59. The van der Waals surface area contributed by atoms with E-state index in [0.717, 1.165) is 5.76 Å². The van der Waals surface area contributed by atoms with Crippen molar-refractivity contribution in [3.8, 4) is 11.6 Å². The van der Waals surface area contributed by atoms with Crippen LogP contribution in [0.25, 0.3) is 11.6 Å². The van der Waals surface area contributed by atoms with Crippen molar-refractivity contribution in [2.45, 2.75) is 20.4 Å². The monoisotopic (exact) mass is 238 g/mol. The summed E-state index contributed by atoms with van der Waals surface area (Å²) in [6.07, 6.45) is 0. The zero-order valence-electron chi connectivity index (χ0n) is 9.64. The number of carbonyl (C=O) groups is 1. The lowest BCUT2D eigenvalue weighted by atomic mass is 10.4. The van der Waals surface area contributed by atoms with Crippen LogP contribution in [0.2, 0.25) is 0 Å². The van der Waals surface area contributed by atoms with Crippen LogP contribution in [0.15, 0.2) is 21.1 Å². The van der Waals surface area contributed by atoms with Crippen LogP contribution >= 0.6 is 0 Å². The molecule has 0 aromatic carbocycles. The van der Waals surface area contributed by atoms with E-state index in [0.29, 0.717) is 17.5 Å². The fourth-order valence-corrected chi connectivity index (χ4v) is 0.993. The topological polar surface area (TPSA) is 121 Å². The molecule has 0 saturated carbocycles. The third-order valence-corrected chi connectivity index (χ3v) is 1.60.